The first-order valence-electron chi connectivity index (χ1n) is 4.93. The summed E-state index contributed by atoms with van der Waals surface area (Å²) in [4.78, 5) is 15.3. The smallest absolute Gasteiger partial charge is 0.283 e. The van der Waals surface area contributed by atoms with Crippen molar-refractivity contribution in [3.63, 3.8) is 0 Å². The van der Waals surface area contributed by atoms with Crippen molar-refractivity contribution in [2.75, 3.05) is 6.61 Å². The first-order valence-corrected chi connectivity index (χ1v) is 4.93. The first-order chi connectivity index (χ1) is 7.77. The van der Waals surface area contributed by atoms with E-state index >= 15 is 0 Å². The van der Waals surface area contributed by atoms with Gasteiger partial charge in [0.25, 0.3) is 5.91 Å². The highest BCUT2D eigenvalue weighted by molar-refractivity contribution is 5.91. The molecule has 0 spiro atoms. The number of nitrogens with zero attached hydrogens (tertiary/aromatic N) is 1. The molecular formula is C11H15N3O2. The largest absolute Gasteiger partial charge is 0.371 e. The second-order valence-electron chi connectivity index (χ2n) is 3.07. The number of aromatic nitrogens is 1. The lowest BCUT2D eigenvalue weighted by Gasteiger charge is -2.03. The van der Waals surface area contributed by atoms with Gasteiger partial charge >= 0.3 is 0 Å². The molecule has 0 aromatic carbocycles. The minimum Gasteiger partial charge on any atom is -0.371 e. The lowest BCUT2D eigenvalue weighted by Crippen LogP contribution is -2.30. The van der Waals surface area contributed by atoms with Crippen molar-refractivity contribution < 1.29 is 9.53 Å². The van der Waals surface area contributed by atoms with Crippen LogP contribution in [0, 0.1) is 0 Å². The van der Waals surface area contributed by atoms with Gasteiger partial charge in [-0.15, -0.1) is 0 Å². The monoisotopic (exact) mass is 221 g/mol. The van der Waals surface area contributed by atoms with E-state index in [0.717, 1.165) is 0 Å². The summed E-state index contributed by atoms with van der Waals surface area (Å²) < 4.78 is 5.32. The SMILES string of the molecule is C/C=C/COCc1cccc(C(=O)NN)n1. The number of carbonyl (C=O) groups excluding carboxylic acids is 1. The minimum absolute atomic E-state index is 0.287. The quantitative estimate of drug-likeness (QED) is 0.253. The number of pyridine rings is 1. The molecule has 16 heavy (non-hydrogen) atoms. The van der Waals surface area contributed by atoms with Crippen LogP contribution >= 0.6 is 0 Å². The van der Waals surface area contributed by atoms with Crippen molar-refractivity contribution in [3.8, 4) is 0 Å². The van der Waals surface area contributed by atoms with Crippen LogP contribution in [0.15, 0.2) is 30.4 Å². The third-order valence-corrected chi connectivity index (χ3v) is 1.87. The molecule has 1 heterocycles. The maximum atomic E-state index is 11.2. The van der Waals surface area contributed by atoms with Crippen molar-refractivity contribution in [2.45, 2.75) is 13.5 Å². The molecule has 0 bridgehead atoms. The van der Waals surface area contributed by atoms with E-state index < -0.39 is 5.91 Å². The van der Waals surface area contributed by atoms with Crippen LogP contribution in [0.4, 0.5) is 0 Å². The molecule has 5 heteroatoms. The average molecular weight is 221 g/mol. The van der Waals surface area contributed by atoms with Crippen LogP contribution in [-0.2, 0) is 11.3 Å². The van der Waals surface area contributed by atoms with Gasteiger partial charge in [0, 0.05) is 0 Å². The zero-order valence-electron chi connectivity index (χ0n) is 9.14. The van der Waals surface area contributed by atoms with Crippen LogP contribution in [0.2, 0.25) is 0 Å². The Hall–Kier alpha value is -1.72. The number of amides is 1. The summed E-state index contributed by atoms with van der Waals surface area (Å²) in [6.07, 6.45) is 3.81. The maximum absolute atomic E-state index is 11.2. The Morgan fingerprint density at radius 2 is 2.44 bits per heavy atom. The standard InChI is InChI=1S/C11H15N3O2/c1-2-3-7-16-8-9-5-4-6-10(13-9)11(15)14-12/h2-6H,7-8,12H2,1H3,(H,14,15)/b3-2+. The highest BCUT2D eigenvalue weighted by Crippen LogP contribution is 2.01. The van der Waals surface area contributed by atoms with Gasteiger partial charge in [0.15, 0.2) is 0 Å². The predicted molar refractivity (Wildman–Crippen MR) is 60.4 cm³/mol. The van der Waals surface area contributed by atoms with E-state index in [2.05, 4.69) is 4.98 Å². The fraction of sp³-hybridized carbons (Fsp3) is 0.273. The van der Waals surface area contributed by atoms with E-state index in [9.17, 15) is 4.79 Å². The molecule has 1 aromatic rings. The average Bonchev–Trinajstić information content (AvgIpc) is 2.34. The van der Waals surface area contributed by atoms with Crippen molar-refractivity contribution in [3.05, 3.63) is 41.7 Å². The van der Waals surface area contributed by atoms with Gasteiger partial charge < -0.3 is 4.74 Å². The number of hydrogen-bond acceptors (Lipinski definition) is 4. The molecule has 1 rings (SSSR count). The summed E-state index contributed by atoms with van der Waals surface area (Å²) >= 11 is 0. The van der Waals surface area contributed by atoms with Crippen LogP contribution < -0.4 is 11.3 Å². The summed E-state index contributed by atoms with van der Waals surface area (Å²) in [7, 11) is 0. The molecule has 0 saturated carbocycles. The Balaban J connectivity index is 2.57. The number of carbonyl (C=O) groups is 1. The predicted octanol–water partition coefficient (Wildman–Crippen LogP) is 0.778. The van der Waals surface area contributed by atoms with Gasteiger partial charge in [-0.25, -0.2) is 10.8 Å². The second kappa shape index (κ2) is 6.71. The molecule has 5 nitrogen and oxygen atoms in total. The van der Waals surface area contributed by atoms with E-state index in [1.807, 2.05) is 24.5 Å². The van der Waals surface area contributed by atoms with Crippen molar-refractivity contribution in [1.29, 1.82) is 0 Å². The molecule has 0 aliphatic heterocycles. The number of nitrogen functional groups attached to an aromatic ring is 1. The highest BCUT2D eigenvalue weighted by Gasteiger charge is 2.05. The molecule has 0 fully saturated rings. The Bertz CT molecular complexity index is 377. The molecule has 1 aromatic heterocycles. The number of hydrogen-bond donors (Lipinski definition) is 2. The third kappa shape index (κ3) is 3.80. The van der Waals surface area contributed by atoms with Gasteiger partial charge in [-0.05, 0) is 19.1 Å². The van der Waals surface area contributed by atoms with Crippen molar-refractivity contribution in [2.24, 2.45) is 5.84 Å². The van der Waals surface area contributed by atoms with E-state index in [1.54, 1.807) is 18.2 Å². The molecule has 1 amide bonds. The second-order valence-corrected chi connectivity index (χ2v) is 3.07. The van der Waals surface area contributed by atoms with Crippen LogP contribution in [-0.4, -0.2) is 17.5 Å². The topological polar surface area (TPSA) is 77.2 Å². The van der Waals surface area contributed by atoms with Crippen molar-refractivity contribution >= 4 is 5.91 Å². The van der Waals surface area contributed by atoms with E-state index in [4.69, 9.17) is 10.6 Å². The van der Waals surface area contributed by atoms with Gasteiger partial charge in [0.1, 0.15) is 5.69 Å². The zero-order chi connectivity index (χ0) is 11.8. The Morgan fingerprint density at radius 3 is 3.12 bits per heavy atom. The third-order valence-electron chi connectivity index (χ3n) is 1.87. The Labute approximate surface area is 94.3 Å². The highest BCUT2D eigenvalue weighted by atomic mass is 16.5. The van der Waals surface area contributed by atoms with Crippen LogP contribution in [0.5, 0.6) is 0 Å². The summed E-state index contributed by atoms with van der Waals surface area (Å²) in [6, 6.07) is 5.13. The fourth-order valence-corrected chi connectivity index (χ4v) is 1.09. The number of nitrogens with one attached hydrogen (secondary N) is 1. The molecule has 0 aliphatic carbocycles. The molecule has 3 N–H and O–H groups in total. The first kappa shape index (κ1) is 12.4. The van der Waals surface area contributed by atoms with Crippen LogP contribution in [0.3, 0.4) is 0 Å². The normalized spacial score (nSPS) is 10.6. The number of hydrazine groups is 1. The summed E-state index contributed by atoms with van der Waals surface area (Å²) in [5, 5.41) is 0. The molecule has 0 aliphatic rings. The summed E-state index contributed by atoms with van der Waals surface area (Å²) in [5.41, 5.74) is 3.02. The van der Waals surface area contributed by atoms with Crippen LogP contribution in [0.25, 0.3) is 0 Å². The summed E-state index contributed by atoms with van der Waals surface area (Å²) in [6.45, 7) is 2.83. The molecule has 0 radical (unpaired) electrons. The van der Waals surface area contributed by atoms with Gasteiger partial charge in [-0.2, -0.15) is 0 Å². The molecule has 0 saturated heterocycles. The fourth-order valence-electron chi connectivity index (χ4n) is 1.09. The number of nitrogens with two attached hydrogens (primary N) is 1. The minimum atomic E-state index is -0.407. The molecule has 86 valence electrons. The van der Waals surface area contributed by atoms with E-state index in [-0.39, 0.29) is 5.69 Å². The van der Waals surface area contributed by atoms with E-state index in [1.165, 1.54) is 0 Å². The maximum Gasteiger partial charge on any atom is 0.283 e. The Morgan fingerprint density at radius 1 is 1.62 bits per heavy atom. The van der Waals surface area contributed by atoms with Gasteiger partial charge in [0.2, 0.25) is 0 Å². The lowest BCUT2D eigenvalue weighted by molar-refractivity contribution is 0.0947. The van der Waals surface area contributed by atoms with Gasteiger partial charge in [-0.1, -0.05) is 18.2 Å². The Kier molecular flexibility index (Phi) is 5.18. The molecular weight excluding hydrogens is 206 g/mol. The number of allylic oxidation sites excluding steroid dienone is 1. The van der Waals surface area contributed by atoms with E-state index in [0.29, 0.717) is 18.9 Å². The summed E-state index contributed by atoms with van der Waals surface area (Å²) in [5.74, 6) is 4.61. The molecule has 0 unspecified atom stereocenters. The number of rotatable bonds is 5. The number of ether oxygens (including phenoxy) is 1. The lowest BCUT2D eigenvalue weighted by atomic mass is 10.3. The van der Waals surface area contributed by atoms with Crippen molar-refractivity contribution in [1.82, 2.24) is 10.4 Å². The van der Waals surface area contributed by atoms with Gasteiger partial charge in [-0.3, -0.25) is 10.2 Å². The zero-order valence-corrected chi connectivity index (χ0v) is 9.14. The molecule has 0 atom stereocenters. The van der Waals surface area contributed by atoms with Gasteiger partial charge in [0.05, 0.1) is 18.9 Å². The van der Waals surface area contributed by atoms with Crippen LogP contribution in [0.1, 0.15) is 23.1 Å².